The first-order valence-electron chi connectivity index (χ1n) is 6.52. The summed E-state index contributed by atoms with van der Waals surface area (Å²) in [4.78, 5) is 23.1. The maximum Gasteiger partial charge on any atom is 0.340 e. The summed E-state index contributed by atoms with van der Waals surface area (Å²) in [5, 5.41) is 9.82. The summed E-state index contributed by atoms with van der Waals surface area (Å²) < 4.78 is 50.9. The molecule has 0 amide bonds. The number of ether oxygens (including phenoxy) is 2. The third kappa shape index (κ3) is 3.57. The zero-order chi connectivity index (χ0) is 17.9. The lowest BCUT2D eigenvalue weighted by Gasteiger charge is -2.11. The fraction of sp³-hybridized carbons (Fsp3) is 0.200. The van der Waals surface area contributed by atoms with Crippen molar-refractivity contribution in [2.24, 2.45) is 0 Å². The largest absolute Gasteiger partial charge is 0.490 e. The molecule has 0 radical (unpaired) electrons. The summed E-state index contributed by atoms with van der Waals surface area (Å²) in [6.07, 6.45) is 0. The van der Waals surface area contributed by atoms with E-state index in [1.807, 2.05) is 0 Å². The van der Waals surface area contributed by atoms with Crippen LogP contribution in [0.15, 0.2) is 17.5 Å². The number of aromatic carboxylic acids is 1. The van der Waals surface area contributed by atoms with Crippen LogP contribution in [0.25, 0.3) is 0 Å². The summed E-state index contributed by atoms with van der Waals surface area (Å²) in [7, 11) is 1.38. The lowest BCUT2D eigenvalue weighted by atomic mass is 10.0. The Balaban J connectivity index is 2.51. The quantitative estimate of drug-likeness (QED) is 0.607. The van der Waals surface area contributed by atoms with Gasteiger partial charge in [0, 0.05) is 24.6 Å². The van der Waals surface area contributed by atoms with Crippen LogP contribution < -0.4 is 4.74 Å². The van der Waals surface area contributed by atoms with Gasteiger partial charge in [-0.3, -0.25) is 4.79 Å². The van der Waals surface area contributed by atoms with Crippen molar-refractivity contribution < 1.29 is 37.3 Å². The first-order valence-corrected chi connectivity index (χ1v) is 7.40. The van der Waals surface area contributed by atoms with E-state index in [0.29, 0.717) is 17.4 Å². The normalized spacial score (nSPS) is 10.7. The molecule has 0 saturated heterocycles. The Morgan fingerprint density at radius 1 is 1.12 bits per heavy atom. The molecule has 5 nitrogen and oxygen atoms in total. The minimum atomic E-state index is -1.67. The van der Waals surface area contributed by atoms with Crippen molar-refractivity contribution in [2.75, 3.05) is 20.3 Å². The van der Waals surface area contributed by atoms with E-state index in [-0.39, 0.29) is 13.2 Å². The van der Waals surface area contributed by atoms with Crippen LogP contribution in [0.2, 0.25) is 0 Å². The number of carbonyl (C=O) groups excluding carboxylic acids is 1. The van der Waals surface area contributed by atoms with Gasteiger partial charge in [0.15, 0.2) is 0 Å². The van der Waals surface area contributed by atoms with Crippen molar-refractivity contribution in [3.8, 4) is 5.75 Å². The number of halogens is 3. The number of carboxylic acid groups (broad SMARTS) is 1. The molecule has 0 fully saturated rings. The first-order chi connectivity index (χ1) is 11.4. The molecule has 1 aromatic carbocycles. The number of ketones is 1. The predicted octanol–water partition coefficient (Wildman–Crippen LogP) is 3.12. The number of hydrogen-bond donors (Lipinski definition) is 1. The third-order valence-electron chi connectivity index (χ3n) is 2.96. The summed E-state index contributed by atoms with van der Waals surface area (Å²) in [5.74, 6) is -6.52. The monoisotopic (exact) mass is 360 g/mol. The zero-order valence-corrected chi connectivity index (χ0v) is 13.1. The Bertz CT molecular complexity index is 788. The average Bonchev–Trinajstić information content (AvgIpc) is 2.88. The van der Waals surface area contributed by atoms with Crippen LogP contribution in [0.3, 0.4) is 0 Å². The Labute approximate surface area is 138 Å². The second-order valence-corrected chi connectivity index (χ2v) is 5.40. The van der Waals surface area contributed by atoms with Gasteiger partial charge < -0.3 is 14.6 Å². The second kappa shape index (κ2) is 7.45. The number of carbonyl (C=O) groups is 2. The minimum Gasteiger partial charge on any atom is -0.490 e. The summed E-state index contributed by atoms with van der Waals surface area (Å²) in [6, 6.07) is 1.25. The molecular formula is C15H11F3O5S. The van der Waals surface area contributed by atoms with Crippen LogP contribution in [0.5, 0.6) is 5.75 Å². The predicted molar refractivity (Wildman–Crippen MR) is 78.4 cm³/mol. The third-order valence-corrected chi connectivity index (χ3v) is 3.91. The van der Waals surface area contributed by atoms with Gasteiger partial charge in [-0.25, -0.2) is 18.0 Å². The molecular weight excluding hydrogens is 349 g/mol. The van der Waals surface area contributed by atoms with E-state index in [4.69, 9.17) is 14.6 Å². The van der Waals surface area contributed by atoms with Crippen molar-refractivity contribution in [2.45, 2.75) is 0 Å². The van der Waals surface area contributed by atoms with Crippen LogP contribution in [-0.2, 0) is 4.74 Å². The average molecular weight is 360 g/mol. The highest BCUT2D eigenvalue weighted by Gasteiger charge is 2.29. The van der Waals surface area contributed by atoms with Crippen molar-refractivity contribution in [1.29, 1.82) is 0 Å². The number of benzene rings is 1. The van der Waals surface area contributed by atoms with Crippen LogP contribution >= 0.6 is 11.3 Å². The van der Waals surface area contributed by atoms with Gasteiger partial charge in [-0.05, 0) is 0 Å². The maximum atomic E-state index is 14.1. The standard InChI is InChI=1S/C15H11F3O5S/c1-22-2-3-23-10-5-7(16)4-8(17)11(10)13(19)14-12(15(20)21)9(18)6-24-14/h4-6H,2-3H2,1H3,(H,20,21). The number of thiophene rings is 1. The van der Waals surface area contributed by atoms with Crippen molar-refractivity contribution in [1.82, 2.24) is 0 Å². The molecule has 0 aliphatic rings. The Morgan fingerprint density at radius 2 is 1.83 bits per heavy atom. The van der Waals surface area contributed by atoms with Gasteiger partial charge in [-0.1, -0.05) is 0 Å². The lowest BCUT2D eigenvalue weighted by molar-refractivity contribution is 0.0688. The molecule has 0 aliphatic heterocycles. The highest BCUT2D eigenvalue weighted by atomic mass is 32.1. The van der Waals surface area contributed by atoms with Crippen LogP contribution in [0.4, 0.5) is 13.2 Å². The first kappa shape index (κ1) is 18.0. The SMILES string of the molecule is COCCOc1cc(F)cc(F)c1C(=O)c1scc(F)c1C(=O)O. The summed E-state index contributed by atoms with van der Waals surface area (Å²) in [6.45, 7) is 0.00400. The van der Waals surface area contributed by atoms with Crippen molar-refractivity contribution in [3.05, 3.63) is 51.0 Å². The molecule has 2 aromatic rings. The smallest absolute Gasteiger partial charge is 0.340 e. The van der Waals surface area contributed by atoms with Gasteiger partial charge in [0.05, 0.1) is 11.5 Å². The molecule has 2 rings (SSSR count). The van der Waals surface area contributed by atoms with E-state index in [9.17, 15) is 22.8 Å². The molecule has 0 bridgehead atoms. The fourth-order valence-electron chi connectivity index (χ4n) is 1.94. The molecule has 0 spiro atoms. The van der Waals surface area contributed by atoms with Gasteiger partial charge in [-0.15, -0.1) is 11.3 Å². The molecule has 1 aromatic heterocycles. The molecule has 1 N–H and O–H groups in total. The molecule has 1 heterocycles. The van der Waals surface area contributed by atoms with Crippen LogP contribution in [0, 0.1) is 17.5 Å². The summed E-state index contributed by atoms with van der Waals surface area (Å²) >= 11 is 0.511. The van der Waals surface area contributed by atoms with Crippen LogP contribution in [-0.4, -0.2) is 37.2 Å². The fourth-order valence-corrected chi connectivity index (χ4v) is 2.79. The molecule has 0 aliphatic carbocycles. The molecule has 128 valence electrons. The van der Waals surface area contributed by atoms with Gasteiger partial charge in [0.2, 0.25) is 5.78 Å². The molecule has 0 saturated carbocycles. The van der Waals surface area contributed by atoms with Crippen LogP contribution in [0.1, 0.15) is 25.6 Å². The van der Waals surface area contributed by atoms with Gasteiger partial charge in [0.25, 0.3) is 0 Å². The van der Waals surface area contributed by atoms with Crippen molar-refractivity contribution in [3.63, 3.8) is 0 Å². The highest BCUT2D eigenvalue weighted by Crippen LogP contribution is 2.31. The molecule has 0 unspecified atom stereocenters. The number of carboxylic acids is 1. The zero-order valence-electron chi connectivity index (χ0n) is 12.3. The van der Waals surface area contributed by atoms with E-state index in [0.717, 1.165) is 11.4 Å². The maximum absolute atomic E-state index is 14.1. The minimum absolute atomic E-state index is 0.0930. The van der Waals surface area contributed by atoms with E-state index in [1.165, 1.54) is 7.11 Å². The highest BCUT2D eigenvalue weighted by molar-refractivity contribution is 7.12. The molecule has 0 atom stereocenters. The van der Waals surface area contributed by atoms with Gasteiger partial charge in [0.1, 0.15) is 40.9 Å². The van der Waals surface area contributed by atoms with E-state index < -0.39 is 51.0 Å². The van der Waals surface area contributed by atoms with Gasteiger partial charge in [-0.2, -0.15) is 0 Å². The Hall–Kier alpha value is -2.39. The lowest BCUT2D eigenvalue weighted by Crippen LogP contribution is -2.13. The number of rotatable bonds is 7. The van der Waals surface area contributed by atoms with Crippen molar-refractivity contribution >= 4 is 23.1 Å². The van der Waals surface area contributed by atoms with E-state index >= 15 is 0 Å². The number of methoxy groups -OCH3 is 1. The molecule has 24 heavy (non-hydrogen) atoms. The molecule has 9 heteroatoms. The van der Waals surface area contributed by atoms with Gasteiger partial charge >= 0.3 is 5.97 Å². The Kier molecular flexibility index (Phi) is 5.58. The topological polar surface area (TPSA) is 72.8 Å². The van der Waals surface area contributed by atoms with E-state index in [1.54, 1.807) is 0 Å². The Morgan fingerprint density at radius 3 is 2.46 bits per heavy atom. The summed E-state index contributed by atoms with van der Waals surface area (Å²) in [5.41, 5.74) is -1.53. The van der Waals surface area contributed by atoms with E-state index in [2.05, 4.69) is 0 Å². The second-order valence-electron chi connectivity index (χ2n) is 4.52. The number of hydrogen-bond acceptors (Lipinski definition) is 5.